The maximum Gasteiger partial charge on any atom is 0.164 e. The number of rotatable bonds is 4. The first kappa shape index (κ1) is 28.9. The summed E-state index contributed by atoms with van der Waals surface area (Å²) in [6, 6.07) is 51.1. The van der Waals surface area contributed by atoms with Crippen LogP contribution in [0.1, 0.15) is 25.0 Å². The van der Waals surface area contributed by atoms with Crippen LogP contribution >= 0.6 is 11.3 Å². The molecule has 0 radical (unpaired) electrons. The predicted octanol–water partition coefficient (Wildman–Crippen LogP) is 11.8. The zero-order valence-corrected chi connectivity index (χ0v) is 28.4. The lowest BCUT2D eigenvalue weighted by Crippen LogP contribution is -2.14. The molecule has 1 aliphatic carbocycles. The Bertz CT molecular complexity index is 2780. The molecule has 0 unspecified atom stereocenters. The number of thiophene rings is 1. The third kappa shape index (κ3) is 4.37. The molecule has 6 aromatic carbocycles. The molecule has 0 bridgehead atoms. The van der Waals surface area contributed by atoms with Crippen LogP contribution in [0.25, 0.3) is 87.6 Å². The van der Waals surface area contributed by atoms with Gasteiger partial charge in [-0.3, -0.25) is 0 Å². The topological polar surface area (TPSA) is 51.6 Å². The number of hydrogen-bond donors (Lipinski definition) is 0. The maximum atomic E-state index is 5.30. The quantitative estimate of drug-likeness (QED) is 0.189. The van der Waals surface area contributed by atoms with E-state index in [2.05, 4.69) is 141 Å². The number of aromatic nitrogens is 4. The van der Waals surface area contributed by atoms with Crippen LogP contribution in [0.3, 0.4) is 0 Å². The normalized spacial score (nSPS) is 13.2. The van der Waals surface area contributed by atoms with Crippen molar-refractivity contribution in [2.75, 3.05) is 0 Å². The van der Waals surface area contributed by atoms with E-state index in [0.717, 1.165) is 38.9 Å². The summed E-state index contributed by atoms with van der Waals surface area (Å²) in [4.78, 5) is 20.7. The van der Waals surface area contributed by atoms with E-state index in [0.29, 0.717) is 17.5 Å². The third-order valence-corrected chi connectivity index (χ3v) is 11.3. The average molecular weight is 659 g/mol. The van der Waals surface area contributed by atoms with Crippen LogP contribution in [0.15, 0.2) is 146 Å². The molecule has 0 saturated heterocycles. The average Bonchev–Trinajstić information content (AvgIpc) is 3.67. The fourth-order valence-electron chi connectivity index (χ4n) is 7.66. The molecule has 0 amide bonds. The highest BCUT2D eigenvalue weighted by Gasteiger charge is 2.37. The van der Waals surface area contributed by atoms with E-state index < -0.39 is 0 Å². The van der Waals surface area contributed by atoms with Gasteiger partial charge in [-0.05, 0) is 28.3 Å². The SMILES string of the molecule is CC1(C)c2ccccc2-c2c(-c3nc(-c4ccccc4)nc(-c4ccc(-c5nc6c7ccccc7sc6c6ccccc56)cc4)n3)cccc21. The second kappa shape index (κ2) is 11.0. The monoisotopic (exact) mass is 658 g/mol. The van der Waals surface area contributed by atoms with Crippen molar-refractivity contribution in [2.24, 2.45) is 0 Å². The molecule has 4 nitrogen and oxygen atoms in total. The summed E-state index contributed by atoms with van der Waals surface area (Å²) in [5.41, 5.74) is 10.9. The van der Waals surface area contributed by atoms with Crippen LogP contribution in [0, 0.1) is 0 Å². The van der Waals surface area contributed by atoms with Crippen molar-refractivity contribution >= 4 is 42.4 Å². The fourth-order valence-corrected chi connectivity index (χ4v) is 8.85. The minimum atomic E-state index is -0.119. The molecule has 0 saturated carbocycles. The summed E-state index contributed by atoms with van der Waals surface area (Å²) in [6.45, 7) is 4.60. The maximum absolute atomic E-state index is 5.30. The highest BCUT2D eigenvalue weighted by atomic mass is 32.1. The summed E-state index contributed by atoms with van der Waals surface area (Å²) in [7, 11) is 0. The van der Waals surface area contributed by atoms with E-state index in [4.69, 9.17) is 19.9 Å². The van der Waals surface area contributed by atoms with E-state index >= 15 is 0 Å². The highest BCUT2D eigenvalue weighted by molar-refractivity contribution is 7.26. The molecular weight excluding hydrogens is 629 g/mol. The number of fused-ring (bicyclic) bond motifs is 8. The van der Waals surface area contributed by atoms with E-state index in [1.807, 2.05) is 29.5 Å². The van der Waals surface area contributed by atoms with Crippen molar-refractivity contribution in [3.8, 4) is 56.5 Å². The number of hydrogen-bond acceptors (Lipinski definition) is 5. The van der Waals surface area contributed by atoms with Gasteiger partial charge in [0.2, 0.25) is 0 Å². The lowest BCUT2D eigenvalue weighted by molar-refractivity contribution is 0.660. The van der Waals surface area contributed by atoms with Gasteiger partial charge in [-0.2, -0.15) is 0 Å². The molecule has 1 aliphatic rings. The molecule has 0 aliphatic heterocycles. The van der Waals surface area contributed by atoms with Gasteiger partial charge in [-0.25, -0.2) is 19.9 Å². The Hall–Kier alpha value is -6.04. The van der Waals surface area contributed by atoms with Gasteiger partial charge in [-0.1, -0.05) is 153 Å². The Kier molecular flexibility index (Phi) is 6.36. The van der Waals surface area contributed by atoms with Crippen LogP contribution in [0.5, 0.6) is 0 Å². The summed E-state index contributed by atoms with van der Waals surface area (Å²) in [5.74, 6) is 1.96. The number of nitrogens with zero attached hydrogens (tertiary/aromatic N) is 4. The molecule has 10 rings (SSSR count). The lowest BCUT2D eigenvalue weighted by Gasteiger charge is -2.21. The summed E-state index contributed by atoms with van der Waals surface area (Å²) < 4.78 is 2.48. The second-order valence-electron chi connectivity index (χ2n) is 13.4. The van der Waals surface area contributed by atoms with Gasteiger partial charge in [0.05, 0.1) is 15.9 Å². The first-order valence-corrected chi connectivity index (χ1v) is 17.7. The van der Waals surface area contributed by atoms with Crippen LogP contribution < -0.4 is 0 Å². The van der Waals surface area contributed by atoms with Gasteiger partial charge in [0.15, 0.2) is 17.5 Å². The van der Waals surface area contributed by atoms with E-state index in [9.17, 15) is 0 Å². The molecule has 5 heteroatoms. The zero-order chi connectivity index (χ0) is 33.4. The molecule has 3 aromatic heterocycles. The Morgan fingerprint density at radius 3 is 1.82 bits per heavy atom. The van der Waals surface area contributed by atoms with Crippen molar-refractivity contribution in [3.63, 3.8) is 0 Å². The number of pyridine rings is 1. The van der Waals surface area contributed by atoms with Gasteiger partial charge in [0, 0.05) is 48.5 Å². The van der Waals surface area contributed by atoms with E-state index in [-0.39, 0.29) is 5.41 Å². The van der Waals surface area contributed by atoms with Gasteiger partial charge in [-0.15, -0.1) is 11.3 Å². The summed E-state index contributed by atoms with van der Waals surface area (Å²) in [6.07, 6.45) is 0. The van der Waals surface area contributed by atoms with Crippen LogP contribution in [0.4, 0.5) is 0 Å². The molecule has 236 valence electrons. The van der Waals surface area contributed by atoms with Crippen molar-refractivity contribution in [3.05, 3.63) is 157 Å². The van der Waals surface area contributed by atoms with Gasteiger partial charge < -0.3 is 0 Å². The summed E-state index contributed by atoms with van der Waals surface area (Å²) >= 11 is 1.81. The van der Waals surface area contributed by atoms with E-state index in [1.165, 1.54) is 42.4 Å². The molecule has 0 fully saturated rings. The Balaban J connectivity index is 1.14. The largest absolute Gasteiger partial charge is 0.246 e. The van der Waals surface area contributed by atoms with E-state index in [1.54, 1.807) is 0 Å². The fraction of sp³-hybridized carbons (Fsp3) is 0.0667. The predicted molar refractivity (Wildman–Crippen MR) is 207 cm³/mol. The van der Waals surface area contributed by atoms with Crippen LogP contribution in [-0.2, 0) is 5.41 Å². The molecule has 0 spiro atoms. The summed E-state index contributed by atoms with van der Waals surface area (Å²) in [5, 5.41) is 3.57. The number of benzene rings is 6. The minimum Gasteiger partial charge on any atom is -0.246 e. The molecule has 50 heavy (non-hydrogen) atoms. The molecule has 0 atom stereocenters. The minimum absolute atomic E-state index is 0.119. The first-order valence-electron chi connectivity index (χ1n) is 16.9. The molecule has 3 heterocycles. The lowest BCUT2D eigenvalue weighted by atomic mass is 9.82. The van der Waals surface area contributed by atoms with Crippen molar-refractivity contribution in [1.29, 1.82) is 0 Å². The Labute approximate surface area is 293 Å². The van der Waals surface area contributed by atoms with Gasteiger partial charge in [0.25, 0.3) is 0 Å². The standard InChI is InChI=1S/C45H30N4S/c1-45(2)35-20-10-8-17-32(35)38-34(19-12-21-36(38)45)44-48-42(28-13-4-3-5-14-28)47-43(49-44)29-25-23-27(24-26-29)39-30-15-6-7-16-31(30)41-40(46-39)33-18-9-11-22-37(33)50-41/h3-26H,1-2H3. The van der Waals surface area contributed by atoms with Crippen molar-refractivity contribution < 1.29 is 0 Å². The zero-order valence-electron chi connectivity index (χ0n) is 27.6. The second-order valence-corrected chi connectivity index (χ2v) is 14.5. The van der Waals surface area contributed by atoms with Crippen LogP contribution in [-0.4, -0.2) is 19.9 Å². The molecule has 9 aromatic rings. The molecule has 0 N–H and O–H groups in total. The van der Waals surface area contributed by atoms with Crippen molar-refractivity contribution in [2.45, 2.75) is 19.3 Å². The van der Waals surface area contributed by atoms with Crippen LogP contribution in [0.2, 0.25) is 0 Å². The highest BCUT2D eigenvalue weighted by Crippen LogP contribution is 2.51. The smallest absolute Gasteiger partial charge is 0.164 e. The third-order valence-electron chi connectivity index (χ3n) is 10.2. The van der Waals surface area contributed by atoms with Gasteiger partial charge in [0.1, 0.15) is 0 Å². The van der Waals surface area contributed by atoms with Crippen molar-refractivity contribution in [1.82, 2.24) is 19.9 Å². The molecular formula is C45H30N4S. The Morgan fingerprint density at radius 1 is 0.440 bits per heavy atom. The Morgan fingerprint density at radius 2 is 1.02 bits per heavy atom. The first-order chi connectivity index (χ1) is 24.5. The van der Waals surface area contributed by atoms with Gasteiger partial charge >= 0.3 is 0 Å².